The average Bonchev–Trinajstić information content (AvgIpc) is 2.60. The SMILES string of the molecule is Cc1ccc2c(c1)C(c1ccc(Cl)c(C(F)(F)F)c1)O[C@H]1CN(C)CC[C@@H]21. The Bertz CT molecular complexity index is 867. The number of alkyl halides is 3. The first-order chi connectivity index (χ1) is 12.7. The number of aryl methyl sites for hydroxylation is 1. The molecular weight excluding hydrogens is 375 g/mol. The van der Waals surface area contributed by atoms with Crippen molar-refractivity contribution in [3.63, 3.8) is 0 Å². The van der Waals surface area contributed by atoms with Crippen molar-refractivity contribution in [2.24, 2.45) is 0 Å². The standard InChI is InChI=1S/C21H21ClF3NO/c1-12-3-5-14-15-7-8-26(2)11-19(15)27-20(16(14)9-12)13-4-6-18(22)17(10-13)21(23,24)25/h3-6,9-10,15,19-20H,7-8,11H2,1-2H3/t15-,19-,20?/m0/s1. The molecule has 1 fully saturated rings. The van der Waals surface area contributed by atoms with Gasteiger partial charge in [-0.3, -0.25) is 0 Å². The molecule has 1 saturated heterocycles. The van der Waals surface area contributed by atoms with Gasteiger partial charge < -0.3 is 9.64 Å². The lowest BCUT2D eigenvalue weighted by molar-refractivity contribution is -0.137. The highest BCUT2D eigenvalue weighted by molar-refractivity contribution is 6.31. The molecule has 3 atom stereocenters. The molecule has 0 aliphatic carbocycles. The Morgan fingerprint density at radius 3 is 2.63 bits per heavy atom. The Labute approximate surface area is 161 Å². The maximum absolute atomic E-state index is 13.3. The van der Waals surface area contributed by atoms with Crippen molar-refractivity contribution in [3.05, 3.63) is 69.2 Å². The Hall–Kier alpha value is -1.56. The van der Waals surface area contributed by atoms with E-state index in [-0.39, 0.29) is 17.0 Å². The van der Waals surface area contributed by atoms with E-state index in [0.29, 0.717) is 5.56 Å². The molecule has 0 N–H and O–H groups in total. The molecule has 2 aliphatic heterocycles. The van der Waals surface area contributed by atoms with Crippen molar-refractivity contribution in [2.75, 3.05) is 20.1 Å². The fraction of sp³-hybridized carbons (Fsp3) is 0.429. The summed E-state index contributed by atoms with van der Waals surface area (Å²) in [7, 11) is 2.04. The van der Waals surface area contributed by atoms with Crippen molar-refractivity contribution < 1.29 is 17.9 Å². The zero-order chi connectivity index (χ0) is 19.3. The van der Waals surface area contributed by atoms with Crippen molar-refractivity contribution >= 4 is 11.6 Å². The van der Waals surface area contributed by atoms with Gasteiger partial charge in [-0.15, -0.1) is 0 Å². The third-order valence-corrected chi connectivity index (χ3v) is 5.93. The van der Waals surface area contributed by atoms with E-state index in [1.807, 2.05) is 20.0 Å². The Morgan fingerprint density at radius 1 is 1.11 bits per heavy atom. The highest BCUT2D eigenvalue weighted by Gasteiger charge is 2.40. The topological polar surface area (TPSA) is 12.5 Å². The number of rotatable bonds is 1. The number of piperidine rings is 1. The molecule has 1 unspecified atom stereocenters. The Kier molecular flexibility index (Phi) is 4.73. The third-order valence-electron chi connectivity index (χ3n) is 5.60. The molecule has 4 rings (SSSR count). The van der Waals surface area contributed by atoms with Gasteiger partial charge in [-0.2, -0.15) is 13.2 Å². The van der Waals surface area contributed by atoms with Gasteiger partial charge in [-0.05, 0) is 55.8 Å². The lowest BCUT2D eigenvalue weighted by Crippen LogP contribution is -2.45. The Balaban J connectivity index is 1.82. The third kappa shape index (κ3) is 3.48. The van der Waals surface area contributed by atoms with Crippen LogP contribution in [0.5, 0.6) is 0 Å². The molecule has 2 heterocycles. The fourth-order valence-corrected chi connectivity index (χ4v) is 4.48. The maximum Gasteiger partial charge on any atom is 0.417 e. The highest BCUT2D eigenvalue weighted by atomic mass is 35.5. The number of benzene rings is 2. The molecule has 0 amide bonds. The van der Waals surface area contributed by atoms with Gasteiger partial charge in [0.15, 0.2) is 0 Å². The molecule has 0 spiro atoms. The molecule has 27 heavy (non-hydrogen) atoms. The highest BCUT2D eigenvalue weighted by Crippen LogP contribution is 2.46. The van der Waals surface area contributed by atoms with Crippen molar-refractivity contribution in [1.29, 1.82) is 0 Å². The van der Waals surface area contributed by atoms with Crippen LogP contribution in [0.15, 0.2) is 36.4 Å². The quantitative estimate of drug-likeness (QED) is 0.625. The molecule has 0 saturated carbocycles. The van der Waals surface area contributed by atoms with Gasteiger partial charge in [-0.1, -0.05) is 41.4 Å². The van der Waals surface area contributed by atoms with E-state index < -0.39 is 17.8 Å². The Morgan fingerprint density at radius 2 is 1.89 bits per heavy atom. The minimum Gasteiger partial charge on any atom is -0.364 e. The molecule has 0 radical (unpaired) electrons. The summed E-state index contributed by atoms with van der Waals surface area (Å²) in [6, 6.07) is 10.3. The minimum absolute atomic E-state index is 0.0334. The van der Waals surface area contributed by atoms with Crippen LogP contribution in [0.2, 0.25) is 5.02 Å². The number of hydrogen-bond donors (Lipinski definition) is 0. The summed E-state index contributed by atoms with van der Waals surface area (Å²) in [4.78, 5) is 2.21. The van der Waals surface area contributed by atoms with Crippen molar-refractivity contribution in [2.45, 2.75) is 37.6 Å². The van der Waals surface area contributed by atoms with Crippen LogP contribution < -0.4 is 0 Å². The first kappa shape index (κ1) is 18.8. The van der Waals surface area contributed by atoms with E-state index in [4.69, 9.17) is 16.3 Å². The first-order valence-electron chi connectivity index (χ1n) is 9.05. The lowest BCUT2D eigenvalue weighted by atomic mass is 9.79. The fourth-order valence-electron chi connectivity index (χ4n) is 4.25. The summed E-state index contributed by atoms with van der Waals surface area (Å²) < 4.78 is 46.4. The molecule has 0 aromatic heterocycles. The van der Waals surface area contributed by atoms with Gasteiger partial charge in [0.25, 0.3) is 0 Å². The molecule has 2 aromatic rings. The van der Waals surface area contributed by atoms with Crippen LogP contribution in [-0.4, -0.2) is 31.1 Å². The normalized spacial score (nSPS) is 25.8. The average molecular weight is 396 g/mol. The summed E-state index contributed by atoms with van der Waals surface area (Å²) in [5, 5.41) is -0.290. The molecule has 144 valence electrons. The van der Waals surface area contributed by atoms with E-state index in [1.54, 1.807) is 6.07 Å². The van der Waals surface area contributed by atoms with Gasteiger partial charge >= 0.3 is 6.18 Å². The van der Waals surface area contributed by atoms with Crippen LogP contribution in [0.1, 0.15) is 46.3 Å². The van der Waals surface area contributed by atoms with Gasteiger partial charge in [0.05, 0.1) is 16.7 Å². The molecule has 2 nitrogen and oxygen atoms in total. The van der Waals surface area contributed by atoms with E-state index in [2.05, 4.69) is 17.0 Å². The second kappa shape index (κ2) is 6.80. The molecule has 6 heteroatoms. The van der Waals surface area contributed by atoms with Crippen LogP contribution in [0.25, 0.3) is 0 Å². The lowest BCUT2D eigenvalue weighted by Gasteiger charge is -2.44. The van der Waals surface area contributed by atoms with Crippen LogP contribution in [0.3, 0.4) is 0 Å². The number of halogens is 4. The van der Waals surface area contributed by atoms with E-state index in [9.17, 15) is 13.2 Å². The zero-order valence-corrected chi connectivity index (χ0v) is 15.9. The summed E-state index contributed by atoms with van der Waals surface area (Å²) in [5.41, 5.74) is 2.90. The summed E-state index contributed by atoms with van der Waals surface area (Å²) in [5.74, 6) is 0.280. The molecular formula is C21H21ClF3NO. The van der Waals surface area contributed by atoms with Gasteiger partial charge in [0.1, 0.15) is 6.10 Å². The second-order valence-electron chi connectivity index (χ2n) is 7.58. The monoisotopic (exact) mass is 395 g/mol. The smallest absolute Gasteiger partial charge is 0.364 e. The zero-order valence-electron chi connectivity index (χ0n) is 15.2. The summed E-state index contributed by atoms with van der Waals surface area (Å²) in [6.07, 6.45) is -4.07. The largest absolute Gasteiger partial charge is 0.417 e. The summed E-state index contributed by atoms with van der Waals surface area (Å²) in [6.45, 7) is 3.75. The number of hydrogen-bond acceptors (Lipinski definition) is 2. The maximum atomic E-state index is 13.3. The number of likely N-dealkylation sites (N-methyl/N-ethyl adjacent to an activating group) is 1. The number of likely N-dealkylation sites (tertiary alicyclic amines) is 1. The molecule has 2 aliphatic rings. The summed E-state index contributed by atoms with van der Waals surface area (Å²) >= 11 is 5.81. The number of nitrogens with zero attached hydrogens (tertiary/aromatic N) is 1. The minimum atomic E-state index is -4.50. The number of fused-ring (bicyclic) bond motifs is 3. The van der Waals surface area contributed by atoms with Gasteiger partial charge in [0.2, 0.25) is 0 Å². The van der Waals surface area contributed by atoms with Crippen LogP contribution in [0.4, 0.5) is 13.2 Å². The first-order valence-corrected chi connectivity index (χ1v) is 9.43. The molecule has 0 bridgehead atoms. The van der Waals surface area contributed by atoms with Gasteiger partial charge in [-0.25, -0.2) is 0 Å². The second-order valence-corrected chi connectivity index (χ2v) is 7.99. The van der Waals surface area contributed by atoms with Gasteiger partial charge in [0, 0.05) is 12.5 Å². The van der Waals surface area contributed by atoms with Crippen LogP contribution >= 0.6 is 11.6 Å². The van der Waals surface area contributed by atoms with E-state index in [0.717, 1.165) is 36.7 Å². The van der Waals surface area contributed by atoms with E-state index in [1.165, 1.54) is 11.6 Å². The van der Waals surface area contributed by atoms with E-state index >= 15 is 0 Å². The van der Waals surface area contributed by atoms with Crippen molar-refractivity contribution in [3.8, 4) is 0 Å². The predicted octanol–water partition coefficient (Wildman–Crippen LogP) is 5.57. The van der Waals surface area contributed by atoms with Crippen molar-refractivity contribution in [1.82, 2.24) is 4.90 Å². The predicted molar refractivity (Wildman–Crippen MR) is 99.2 cm³/mol. The van der Waals surface area contributed by atoms with Crippen LogP contribution in [-0.2, 0) is 10.9 Å². The van der Waals surface area contributed by atoms with Crippen LogP contribution in [0, 0.1) is 6.92 Å². The molecule has 2 aromatic carbocycles. The number of ether oxygens (including phenoxy) is 1.